The summed E-state index contributed by atoms with van der Waals surface area (Å²) < 4.78 is 6.42. The SMILES string of the molecule is CCC(C)C1(OC(=O)N2CCCCC2)CC2CC1C1CCCC21. The lowest BCUT2D eigenvalue weighted by atomic mass is 9.67. The fourth-order valence-corrected chi connectivity index (χ4v) is 6.57. The number of hydrogen-bond acceptors (Lipinski definition) is 2. The van der Waals surface area contributed by atoms with Crippen LogP contribution in [0.2, 0.25) is 0 Å². The minimum Gasteiger partial charge on any atom is -0.442 e. The highest BCUT2D eigenvalue weighted by Crippen LogP contribution is 2.65. The summed E-state index contributed by atoms with van der Waals surface area (Å²) in [4.78, 5) is 14.8. The Kier molecular flexibility index (Phi) is 4.09. The molecule has 23 heavy (non-hydrogen) atoms. The first-order valence-electron chi connectivity index (χ1n) is 10.1. The molecule has 3 heteroatoms. The highest BCUT2D eigenvalue weighted by molar-refractivity contribution is 5.68. The quantitative estimate of drug-likeness (QED) is 0.744. The van der Waals surface area contributed by atoms with Gasteiger partial charge in [-0.25, -0.2) is 4.79 Å². The molecule has 3 aliphatic carbocycles. The molecule has 4 aliphatic rings. The third-order valence-electron chi connectivity index (χ3n) is 7.85. The van der Waals surface area contributed by atoms with Gasteiger partial charge in [-0.05, 0) is 75.0 Å². The zero-order chi connectivity index (χ0) is 16.0. The van der Waals surface area contributed by atoms with E-state index in [9.17, 15) is 4.79 Å². The second kappa shape index (κ2) is 5.97. The van der Waals surface area contributed by atoms with Crippen LogP contribution in [0.15, 0.2) is 0 Å². The fraction of sp³-hybridized carbons (Fsp3) is 0.950. The Morgan fingerprint density at radius 2 is 1.91 bits per heavy atom. The molecular weight excluding hydrogens is 286 g/mol. The number of carbonyl (C=O) groups excluding carboxylic acids is 1. The van der Waals surface area contributed by atoms with Crippen molar-refractivity contribution < 1.29 is 9.53 Å². The molecule has 0 aromatic carbocycles. The average molecular weight is 319 g/mol. The molecule has 6 unspecified atom stereocenters. The van der Waals surface area contributed by atoms with Gasteiger partial charge < -0.3 is 9.64 Å². The van der Waals surface area contributed by atoms with Gasteiger partial charge in [-0.15, -0.1) is 0 Å². The second-order valence-corrected chi connectivity index (χ2v) is 8.74. The molecule has 1 amide bonds. The van der Waals surface area contributed by atoms with Crippen LogP contribution in [0.4, 0.5) is 4.79 Å². The van der Waals surface area contributed by atoms with Gasteiger partial charge in [0, 0.05) is 19.0 Å². The van der Waals surface area contributed by atoms with Crippen molar-refractivity contribution in [2.75, 3.05) is 13.1 Å². The fourth-order valence-electron chi connectivity index (χ4n) is 6.57. The molecule has 2 bridgehead atoms. The van der Waals surface area contributed by atoms with Crippen molar-refractivity contribution in [3.63, 3.8) is 0 Å². The zero-order valence-corrected chi connectivity index (χ0v) is 14.9. The topological polar surface area (TPSA) is 29.5 Å². The molecule has 0 aromatic rings. The summed E-state index contributed by atoms with van der Waals surface area (Å²) in [7, 11) is 0. The van der Waals surface area contributed by atoms with E-state index in [1.165, 1.54) is 32.1 Å². The molecular formula is C20H33NO2. The van der Waals surface area contributed by atoms with E-state index in [0.717, 1.165) is 56.5 Å². The van der Waals surface area contributed by atoms with Crippen molar-refractivity contribution in [2.24, 2.45) is 29.6 Å². The maximum atomic E-state index is 12.9. The van der Waals surface area contributed by atoms with Crippen molar-refractivity contribution in [1.29, 1.82) is 0 Å². The Bertz CT molecular complexity index is 459. The molecule has 1 saturated heterocycles. The number of likely N-dealkylation sites (tertiary alicyclic amines) is 1. The van der Waals surface area contributed by atoms with Crippen molar-refractivity contribution in [3.05, 3.63) is 0 Å². The average Bonchev–Trinajstić information content (AvgIpc) is 3.26. The number of rotatable bonds is 3. The van der Waals surface area contributed by atoms with E-state index in [4.69, 9.17) is 4.74 Å². The summed E-state index contributed by atoms with van der Waals surface area (Å²) in [6, 6.07) is 0. The summed E-state index contributed by atoms with van der Waals surface area (Å²) in [5, 5.41) is 0. The second-order valence-electron chi connectivity index (χ2n) is 8.74. The van der Waals surface area contributed by atoms with Gasteiger partial charge in [-0.1, -0.05) is 20.3 Å². The summed E-state index contributed by atoms with van der Waals surface area (Å²) >= 11 is 0. The van der Waals surface area contributed by atoms with E-state index in [-0.39, 0.29) is 11.7 Å². The zero-order valence-electron chi connectivity index (χ0n) is 14.9. The van der Waals surface area contributed by atoms with Crippen LogP contribution in [0.1, 0.15) is 71.6 Å². The van der Waals surface area contributed by atoms with Gasteiger partial charge in [0.2, 0.25) is 0 Å². The van der Waals surface area contributed by atoms with Crippen LogP contribution in [0.5, 0.6) is 0 Å². The van der Waals surface area contributed by atoms with E-state index < -0.39 is 0 Å². The van der Waals surface area contributed by atoms with Crippen LogP contribution >= 0.6 is 0 Å². The summed E-state index contributed by atoms with van der Waals surface area (Å²) in [5.41, 5.74) is -0.153. The van der Waals surface area contributed by atoms with Crippen molar-refractivity contribution in [1.82, 2.24) is 4.90 Å². The molecule has 130 valence electrons. The maximum absolute atomic E-state index is 12.9. The Balaban J connectivity index is 1.55. The standard InChI is InChI=1S/C20H33NO2/c1-3-14(2)20(23-19(22)21-10-5-4-6-11-21)13-15-12-18(20)17-9-7-8-16(15)17/h14-18H,3-13H2,1-2H3. The number of fused-ring (bicyclic) bond motifs is 5. The van der Waals surface area contributed by atoms with Crippen molar-refractivity contribution in [2.45, 2.75) is 77.2 Å². The van der Waals surface area contributed by atoms with E-state index >= 15 is 0 Å². The first kappa shape index (κ1) is 15.8. The number of nitrogens with zero attached hydrogens (tertiary/aromatic N) is 1. The molecule has 0 aromatic heterocycles. The minimum atomic E-state index is -0.153. The molecule has 1 heterocycles. The predicted octanol–water partition coefficient (Wildman–Crippen LogP) is 4.85. The number of amides is 1. The molecule has 0 spiro atoms. The summed E-state index contributed by atoms with van der Waals surface area (Å²) in [6.07, 6.45) is 11.3. The maximum Gasteiger partial charge on any atom is 0.410 e. The number of carbonyl (C=O) groups is 1. The lowest BCUT2D eigenvalue weighted by Crippen LogP contribution is -2.52. The van der Waals surface area contributed by atoms with Gasteiger partial charge >= 0.3 is 6.09 Å². The Labute approximate surface area is 141 Å². The Morgan fingerprint density at radius 1 is 1.17 bits per heavy atom. The predicted molar refractivity (Wildman–Crippen MR) is 91.1 cm³/mol. The van der Waals surface area contributed by atoms with Crippen LogP contribution in [-0.4, -0.2) is 29.7 Å². The molecule has 0 radical (unpaired) electrons. The monoisotopic (exact) mass is 319 g/mol. The van der Waals surface area contributed by atoms with Gasteiger partial charge in [-0.2, -0.15) is 0 Å². The highest BCUT2D eigenvalue weighted by atomic mass is 16.6. The molecule has 6 atom stereocenters. The van der Waals surface area contributed by atoms with E-state index in [1.54, 1.807) is 0 Å². The summed E-state index contributed by atoms with van der Waals surface area (Å²) in [6.45, 7) is 6.39. The first-order chi connectivity index (χ1) is 11.2. The third kappa shape index (κ3) is 2.41. The smallest absolute Gasteiger partial charge is 0.410 e. The van der Waals surface area contributed by atoms with Gasteiger partial charge in [0.05, 0.1) is 0 Å². The van der Waals surface area contributed by atoms with E-state index in [2.05, 4.69) is 13.8 Å². The molecule has 3 nitrogen and oxygen atoms in total. The minimum absolute atomic E-state index is 0.00732. The number of hydrogen-bond donors (Lipinski definition) is 0. The molecule has 1 aliphatic heterocycles. The number of ether oxygens (including phenoxy) is 1. The molecule has 0 N–H and O–H groups in total. The summed E-state index contributed by atoms with van der Waals surface area (Å²) in [5.74, 6) is 3.76. The van der Waals surface area contributed by atoms with E-state index in [1.807, 2.05) is 4.90 Å². The lowest BCUT2D eigenvalue weighted by Gasteiger charge is -2.46. The largest absolute Gasteiger partial charge is 0.442 e. The molecule has 3 saturated carbocycles. The van der Waals surface area contributed by atoms with Gasteiger partial charge in [0.15, 0.2) is 0 Å². The van der Waals surface area contributed by atoms with Crippen LogP contribution in [0, 0.1) is 29.6 Å². The van der Waals surface area contributed by atoms with Crippen molar-refractivity contribution >= 4 is 6.09 Å². The Morgan fingerprint density at radius 3 is 2.65 bits per heavy atom. The number of piperidine rings is 1. The molecule has 4 rings (SSSR count). The van der Waals surface area contributed by atoms with Crippen LogP contribution in [0.25, 0.3) is 0 Å². The highest BCUT2D eigenvalue weighted by Gasteiger charge is 2.64. The van der Waals surface area contributed by atoms with Gasteiger partial charge in [0.25, 0.3) is 0 Å². The van der Waals surface area contributed by atoms with Gasteiger partial charge in [0.1, 0.15) is 5.60 Å². The van der Waals surface area contributed by atoms with Crippen LogP contribution in [0.3, 0.4) is 0 Å². The Hall–Kier alpha value is -0.730. The van der Waals surface area contributed by atoms with Gasteiger partial charge in [-0.3, -0.25) is 0 Å². The van der Waals surface area contributed by atoms with Crippen molar-refractivity contribution in [3.8, 4) is 0 Å². The lowest BCUT2D eigenvalue weighted by molar-refractivity contribution is -0.104. The first-order valence-corrected chi connectivity index (χ1v) is 10.1. The van der Waals surface area contributed by atoms with Crippen LogP contribution < -0.4 is 0 Å². The normalized spacial score (nSPS) is 43.5. The van der Waals surface area contributed by atoms with E-state index in [0.29, 0.717) is 11.8 Å². The van der Waals surface area contributed by atoms with Crippen LogP contribution in [-0.2, 0) is 4.74 Å². The molecule has 4 fully saturated rings. The third-order valence-corrected chi connectivity index (χ3v) is 7.85.